The molecule has 0 aliphatic carbocycles. The summed E-state index contributed by atoms with van der Waals surface area (Å²) in [6, 6.07) is 5.72. The van der Waals surface area contributed by atoms with E-state index in [1.54, 1.807) is 0 Å². The van der Waals surface area contributed by atoms with Crippen LogP contribution in [0.15, 0.2) is 29.2 Å². The molecule has 21 heavy (non-hydrogen) atoms. The van der Waals surface area contributed by atoms with Crippen molar-refractivity contribution >= 4 is 27.4 Å². The van der Waals surface area contributed by atoms with Gasteiger partial charge >= 0.3 is 5.97 Å². The number of nitrogens with one attached hydrogen (secondary N) is 1. The molecule has 2 N–H and O–H groups in total. The van der Waals surface area contributed by atoms with E-state index in [0.29, 0.717) is 18.5 Å². The van der Waals surface area contributed by atoms with Gasteiger partial charge in [0.1, 0.15) is 6.10 Å². The lowest BCUT2D eigenvalue weighted by Crippen LogP contribution is -2.29. The number of amides is 1. The Hall–Kier alpha value is -1.93. The molecule has 1 heterocycles. The summed E-state index contributed by atoms with van der Waals surface area (Å²) >= 11 is 0. The Kier molecular flexibility index (Phi) is 4.29. The maximum atomic E-state index is 11.9. The van der Waals surface area contributed by atoms with E-state index in [-0.39, 0.29) is 4.90 Å². The number of hydrogen-bond acceptors (Lipinski definition) is 5. The fourth-order valence-corrected chi connectivity index (χ4v) is 2.65. The number of carbonyl (C=O) groups excluding carboxylic acids is 1. The van der Waals surface area contributed by atoms with Crippen molar-refractivity contribution in [1.82, 2.24) is 0 Å². The molecule has 0 radical (unpaired) electrons. The molecule has 1 aromatic rings. The maximum absolute atomic E-state index is 11.9. The van der Waals surface area contributed by atoms with E-state index in [0.717, 1.165) is 6.26 Å². The van der Waals surface area contributed by atoms with Crippen LogP contribution in [0.3, 0.4) is 0 Å². The van der Waals surface area contributed by atoms with Crippen molar-refractivity contribution < 1.29 is 27.9 Å². The fourth-order valence-electron chi connectivity index (χ4n) is 2.02. The average molecular weight is 313 g/mol. The molecule has 0 aromatic heterocycles. The largest absolute Gasteiger partial charge is 0.479 e. The van der Waals surface area contributed by atoms with Crippen LogP contribution in [0.2, 0.25) is 0 Å². The maximum Gasteiger partial charge on any atom is 0.332 e. The Labute approximate surface area is 121 Å². The van der Waals surface area contributed by atoms with Crippen LogP contribution >= 0.6 is 0 Å². The highest BCUT2D eigenvalue weighted by Crippen LogP contribution is 2.22. The highest BCUT2D eigenvalue weighted by Gasteiger charge is 2.34. The third kappa shape index (κ3) is 3.79. The van der Waals surface area contributed by atoms with Crippen LogP contribution in [0.1, 0.15) is 12.8 Å². The SMILES string of the molecule is CS(=O)(=O)c1ccc(NC(=O)C2CCC(C(=O)O)O2)cc1. The van der Waals surface area contributed by atoms with Crippen LogP contribution in [0.5, 0.6) is 0 Å². The standard InChI is InChI=1S/C13H15NO6S/c1-21(18,19)9-4-2-8(3-5-9)14-12(15)10-6-7-11(20-10)13(16)17/h2-5,10-11H,6-7H2,1H3,(H,14,15)(H,16,17). The van der Waals surface area contributed by atoms with Crippen molar-refractivity contribution in [2.75, 3.05) is 11.6 Å². The zero-order chi connectivity index (χ0) is 15.6. The zero-order valence-electron chi connectivity index (χ0n) is 11.3. The summed E-state index contributed by atoms with van der Waals surface area (Å²) in [5.41, 5.74) is 0.426. The summed E-state index contributed by atoms with van der Waals surface area (Å²) < 4.78 is 27.8. The molecule has 2 atom stereocenters. The van der Waals surface area contributed by atoms with Gasteiger partial charge < -0.3 is 15.2 Å². The predicted molar refractivity (Wildman–Crippen MR) is 73.7 cm³/mol. The van der Waals surface area contributed by atoms with Gasteiger partial charge in [0.05, 0.1) is 4.90 Å². The van der Waals surface area contributed by atoms with Crippen LogP contribution in [0.25, 0.3) is 0 Å². The molecule has 1 aliphatic heterocycles. The molecule has 8 heteroatoms. The van der Waals surface area contributed by atoms with Gasteiger partial charge in [-0.15, -0.1) is 0 Å². The monoisotopic (exact) mass is 313 g/mol. The van der Waals surface area contributed by atoms with E-state index >= 15 is 0 Å². The number of aliphatic carboxylic acids is 1. The van der Waals surface area contributed by atoms with E-state index in [4.69, 9.17) is 9.84 Å². The van der Waals surface area contributed by atoms with E-state index < -0.39 is 33.9 Å². The summed E-state index contributed by atoms with van der Waals surface area (Å²) in [5, 5.41) is 11.4. The van der Waals surface area contributed by atoms with Gasteiger partial charge in [-0.3, -0.25) is 4.79 Å². The molecule has 0 spiro atoms. The Bertz CT molecular complexity index is 652. The first-order valence-electron chi connectivity index (χ1n) is 6.26. The molecule has 1 fully saturated rings. The minimum absolute atomic E-state index is 0.156. The quantitative estimate of drug-likeness (QED) is 0.845. The lowest BCUT2D eigenvalue weighted by Gasteiger charge is -2.12. The van der Waals surface area contributed by atoms with Crippen molar-refractivity contribution in [3.8, 4) is 0 Å². The minimum Gasteiger partial charge on any atom is -0.479 e. The molecule has 2 unspecified atom stereocenters. The molecule has 114 valence electrons. The fraction of sp³-hybridized carbons (Fsp3) is 0.385. The normalized spacial score (nSPS) is 22.0. The molecule has 2 rings (SSSR count). The number of rotatable bonds is 4. The Morgan fingerprint density at radius 1 is 1.19 bits per heavy atom. The number of sulfone groups is 1. The summed E-state index contributed by atoms with van der Waals surface area (Å²) in [4.78, 5) is 22.8. The highest BCUT2D eigenvalue weighted by atomic mass is 32.2. The summed E-state index contributed by atoms with van der Waals surface area (Å²) in [6.45, 7) is 0. The number of carboxylic acids is 1. The summed E-state index contributed by atoms with van der Waals surface area (Å²) in [7, 11) is -3.28. The van der Waals surface area contributed by atoms with Gasteiger partial charge in [0.25, 0.3) is 5.91 Å². The van der Waals surface area contributed by atoms with Gasteiger partial charge in [-0.1, -0.05) is 0 Å². The number of carboxylic acid groups (broad SMARTS) is 1. The number of ether oxygens (including phenoxy) is 1. The minimum atomic E-state index is -3.28. The second-order valence-corrected chi connectivity index (χ2v) is 6.83. The number of carbonyl (C=O) groups is 2. The second-order valence-electron chi connectivity index (χ2n) is 4.81. The summed E-state index contributed by atoms with van der Waals surface area (Å²) in [6.07, 6.45) is -0.0297. The molecule has 0 saturated carbocycles. The molecule has 1 saturated heterocycles. The van der Waals surface area contributed by atoms with Crippen LogP contribution in [-0.2, 0) is 24.2 Å². The molecule has 0 bridgehead atoms. The van der Waals surface area contributed by atoms with Gasteiger partial charge in [-0.05, 0) is 37.1 Å². The lowest BCUT2D eigenvalue weighted by atomic mass is 10.2. The van der Waals surface area contributed by atoms with Crippen LogP contribution in [0.4, 0.5) is 5.69 Å². The van der Waals surface area contributed by atoms with E-state index in [1.165, 1.54) is 24.3 Å². The van der Waals surface area contributed by atoms with Gasteiger partial charge in [-0.25, -0.2) is 13.2 Å². The molecule has 1 aromatic carbocycles. The molecule has 1 amide bonds. The topological polar surface area (TPSA) is 110 Å². The van der Waals surface area contributed by atoms with Gasteiger partial charge in [-0.2, -0.15) is 0 Å². The summed E-state index contributed by atoms with van der Waals surface area (Å²) in [5.74, 6) is -1.52. The van der Waals surface area contributed by atoms with Gasteiger partial charge in [0.15, 0.2) is 15.9 Å². The van der Waals surface area contributed by atoms with Crippen molar-refractivity contribution in [3.05, 3.63) is 24.3 Å². The van der Waals surface area contributed by atoms with Crippen molar-refractivity contribution in [3.63, 3.8) is 0 Å². The number of benzene rings is 1. The van der Waals surface area contributed by atoms with Gasteiger partial charge in [0, 0.05) is 11.9 Å². The Morgan fingerprint density at radius 2 is 1.76 bits per heavy atom. The Morgan fingerprint density at radius 3 is 2.24 bits per heavy atom. The zero-order valence-corrected chi connectivity index (χ0v) is 12.1. The van der Waals surface area contributed by atoms with Crippen molar-refractivity contribution in [2.45, 2.75) is 29.9 Å². The second kappa shape index (κ2) is 5.82. The highest BCUT2D eigenvalue weighted by molar-refractivity contribution is 7.90. The first-order chi connectivity index (χ1) is 9.77. The molecule has 1 aliphatic rings. The third-order valence-corrected chi connectivity index (χ3v) is 4.27. The van der Waals surface area contributed by atoms with E-state index in [9.17, 15) is 18.0 Å². The molecular weight excluding hydrogens is 298 g/mol. The Balaban J connectivity index is 1.99. The van der Waals surface area contributed by atoms with Crippen LogP contribution in [0, 0.1) is 0 Å². The number of anilines is 1. The molecular formula is C13H15NO6S. The van der Waals surface area contributed by atoms with E-state index in [1.807, 2.05) is 0 Å². The average Bonchev–Trinajstić information content (AvgIpc) is 2.88. The van der Waals surface area contributed by atoms with Crippen molar-refractivity contribution in [2.24, 2.45) is 0 Å². The van der Waals surface area contributed by atoms with Gasteiger partial charge in [0.2, 0.25) is 0 Å². The van der Waals surface area contributed by atoms with Crippen LogP contribution < -0.4 is 5.32 Å². The first-order valence-corrected chi connectivity index (χ1v) is 8.16. The van der Waals surface area contributed by atoms with E-state index in [2.05, 4.69) is 5.32 Å². The number of hydrogen-bond donors (Lipinski definition) is 2. The smallest absolute Gasteiger partial charge is 0.332 e. The molecule has 7 nitrogen and oxygen atoms in total. The first kappa shape index (κ1) is 15.5. The lowest BCUT2D eigenvalue weighted by molar-refractivity contribution is -0.150. The van der Waals surface area contributed by atoms with Crippen molar-refractivity contribution in [1.29, 1.82) is 0 Å². The van der Waals surface area contributed by atoms with Crippen LogP contribution in [-0.4, -0.2) is 43.9 Å². The third-order valence-electron chi connectivity index (χ3n) is 3.14. The predicted octanol–water partition coefficient (Wildman–Crippen LogP) is 0.661.